The van der Waals surface area contributed by atoms with Crippen LogP contribution in [0.15, 0.2) is 109 Å². The van der Waals surface area contributed by atoms with Crippen LogP contribution in [-0.2, 0) is 95.7 Å². The number of benzene rings is 6. The van der Waals surface area contributed by atoms with E-state index in [0.717, 1.165) is 0 Å². The standard InChI is InChI=1S/C72H84O18/c1-7-31-79-61(73)43-85-67-49-19-13-20-50(67)38-52-22-15-24-54(69(52)87-45-63(75)81-33-9-3)40-56-26-17-28-58(71(56)89-47-65(77)83-35-11-5)42-60-30-18-29-59(72(60)90-48-66(78)84-36-12-6)41-57-27-16-25-55(70(57)88-46-64(76)82-34-10-4)39-53-23-14-21-51(37-49)68(53)86-44-62(74)80-32-8-2/h13-30H,7-12,31-48H2,1-6H3. The van der Waals surface area contributed by atoms with Crippen LogP contribution in [0.1, 0.15) is 147 Å². The van der Waals surface area contributed by atoms with E-state index < -0.39 is 75.5 Å². The number of ether oxygens (including phenoxy) is 12. The van der Waals surface area contributed by atoms with Crippen LogP contribution in [0.3, 0.4) is 0 Å². The zero-order chi connectivity index (χ0) is 64.0. The number of hydrogen-bond acceptors (Lipinski definition) is 18. The molecule has 12 bridgehead atoms. The summed E-state index contributed by atoms with van der Waals surface area (Å²) >= 11 is 0. The third-order valence-electron chi connectivity index (χ3n) is 14.2. The topological polar surface area (TPSA) is 213 Å². The van der Waals surface area contributed by atoms with Gasteiger partial charge in [0.15, 0.2) is 39.6 Å². The Hall–Kier alpha value is -9.06. The minimum atomic E-state index is -0.564. The normalized spacial score (nSPS) is 11.8. The SMILES string of the molecule is CCCOC(=O)COc1c2cccc1Cc1cccc(c1OCC(=O)OCCC)Cc1cccc(c1OCC(=O)OCCC)Cc1cccc(c1OCC(=O)OCCC)Cc1cccc(c1OCC(=O)OCCC)Cc1cccc(c1OCC(=O)OCCC)C2. The van der Waals surface area contributed by atoms with Crippen LogP contribution in [0.4, 0.5) is 0 Å². The van der Waals surface area contributed by atoms with Crippen LogP contribution >= 0.6 is 0 Å². The Kier molecular flexibility index (Phi) is 27.7. The van der Waals surface area contributed by atoms with Crippen LogP contribution in [0.5, 0.6) is 34.5 Å². The van der Waals surface area contributed by atoms with Crippen molar-refractivity contribution in [2.45, 2.75) is 119 Å². The van der Waals surface area contributed by atoms with Crippen LogP contribution in [-0.4, -0.2) is 115 Å². The van der Waals surface area contributed by atoms with Gasteiger partial charge in [0, 0.05) is 38.5 Å². The Morgan fingerprint density at radius 2 is 0.356 bits per heavy atom. The maximum Gasteiger partial charge on any atom is 0.344 e. The first-order chi connectivity index (χ1) is 43.9. The molecule has 0 saturated carbocycles. The molecule has 6 aromatic rings. The van der Waals surface area contributed by atoms with Crippen molar-refractivity contribution >= 4 is 35.8 Å². The second-order valence-corrected chi connectivity index (χ2v) is 21.5. The molecule has 0 heterocycles. The summed E-state index contributed by atoms with van der Waals surface area (Å²) in [5, 5.41) is 0. The lowest BCUT2D eigenvalue weighted by molar-refractivity contribution is -0.146. The third kappa shape index (κ3) is 20.5. The molecule has 18 heteroatoms. The van der Waals surface area contributed by atoms with Gasteiger partial charge in [-0.15, -0.1) is 0 Å². The lowest BCUT2D eigenvalue weighted by Gasteiger charge is -2.22. The van der Waals surface area contributed by atoms with Gasteiger partial charge < -0.3 is 56.8 Å². The van der Waals surface area contributed by atoms with Crippen LogP contribution in [0.2, 0.25) is 0 Å². The van der Waals surface area contributed by atoms with Gasteiger partial charge in [-0.1, -0.05) is 151 Å². The van der Waals surface area contributed by atoms with Gasteiger partial charge in [0.05, 0.1) is 39.6 Å². The first kappa shape index (κ1) is 68.4. The lowest BCUT2D eigenvalue weighted by atomic mass is 9.91. The molecule has 0 aromatic heterocycles. The number of fused-ring (bicyclic) bond motifs is 12. The molecular weight excluding hydrogens is 1150 g/mol. The van der Waals surface area contributed by atoms with E-state index in [1.807, 2.05) is 151 Å². The van der Waals surface area contributed by atoms with Crippen molar-refractivity contribution in [3.05, 3.63) is 176 Å². The summed E-state index contributed by atoms with van der Waals surface area (Å²) in [5.74, 6) is -1.05. The zero-order valence-electron chi connectivity index (χ0n) is 52.7. The Balaban J connectivity index is 1.50. The highest BCUT2D eigenvalue weighted by atomic mass is 16.6. The van der Waals surface area contributed by atoms with Crippen molar-refractivity contribution in [2.24, 2.45) is 0 Å². The van der Waals surface area contributed by atoms with Crippen LogP contribution in [0, 0.1) is 0 Å². The lowest BCUT2D eigenvalue weighted by Crippen LogP contribution is -2.19. The highest BCUT2D eigenvalue weighted by Gasteiger charge is 2.26. The fraction of sp³-hybridized carbons (Fsp3) is 0.417. The van der Waals surface area contributed by atoms with E-state index in [1.165, 1.54) is 0 Å². The van der Waals surface area contributed by atoms with E-state index in [-0.39, 0.29) is 78.2 Å². The summed E-state index contributed by atoms with van der Waals surface area (Å²) in [6.45, 7) is 10.1. The average Bonchev–Trinajstić information content (AvgIpc) is 1.46. The molecule has 1 aliphatic rings. The summed E-state index contributed by atoms with van der Waals surface area (Å²) in [7, 11) is 0. The highest BCUT2D eigenvalue weighted by molar-refractivity contribution is 5.74. The van der Waals surface area contributed by atoms with E-state index in [1.54, 1.807) is 0 Å². The van der Waals surface area contributed by atoms with Crippen molar-refractivity contribution in [3.63, 3.8) is 0 Å². The molecule has 0 radical (unpaired) electrons. The molecule has 0 unspecified atom stereocenters. The van der Waals surface area contributed by atoms with Gasteiger partial charge in [0.25, 0.3) is 0 Å². The monoisotopic (exact) mass is 1240 g/mol. The quantitative estimate of drug-likeness (QED) is 0.0302. The van der Waals surface area contributed by atoms with Crippen LogP contribution < -0.4 is 28.4 Å². The van der Waals surface area contributed by atoms with Gasteiger partial charge in [0.1, 0.15) is 34.5 Å². The summed E-state index contributed by atoms with van der Waals surface area (Å²) < 4.78 is 72.3. The zero-order valence-corrected chi connectivity index (χ0v) is 52.7. The van der Waals surface area contributed by atoms with E-state index >= 15 is 0 Å². The van der Waals surface area contributed by atoms with Gasteiger partial charge in [-0.2, -0.15) is 0 Å². The van der Waals surface area contributed by atoms with Crippen LogP contribution in [0.25, 0.3) is 0 Å². The molecule has 1 aliphatic carbocycles. The Morgan fingerprint density at radius 1 is 0.233 bits per heavy atom. The molecule has 0 spiro atoms. The molecular formula is C72H84O18. The van der Waals surface area contributed by atoms with Gasteiger partial charge in [-0.25, -0.2) is 28.8 Å². The van der Waals surface area contributed by atoms with E-state index in [4.69, 9.17) is 56.8 Å². The molecule has 18 nitrogen and oxygen atoms in total. The summed E-state index contributed by atoms with van der Waals surface area (Å²) in [6.07, 6.45) is 4.72. The molecule has 0 saturated heterocycles. The predicted octanol–water partition coefficient (Wildman–Crippen LogP) is 11.5. The summed E-state index contributed by atoms with van der Waals surface area (Å²) in [4.78, 5) is 79.9. The van der Waals surface area contributed by atoms with Gasteiger partial charge >= 0.3 is 35.8 Å². The van der Waals surface area contributed by atoms with E-state index in [2.05, 4.69) is 0 Å². The molecule has 0 aliphatic heterocycles. The first-order valence-corrected chi connectivity index (χ1v) is 31.2. The van der Waals surface area contributed by atoms with Gasteiger partial charge in [0.2, 0.25) is 0 Å². The molecule has 0 amide bonds. The molecule has 0 atom stereocenters. The van der Waals surface area contributed by atoms with Crippen molar-refractivity contribution in [2.75, 3.05) is 79.3 Å². The maximum atomic E-state index is 13.3. The largest absolute Gasteiger partial charge is 0.481 e. The number of rotatable bonds is 30. The number of esters is 6. The molecule has 0 fully saturated rings. The summed E-state index contributed by atoms with van der Waals surface area (Å²) in [6, 6.07) is 34.1. The van der Waals surface area contributed by atoms with Crippen molar-refractivity contribution in [1.29, 1.82) is 0 Å². The van der Waals surface area contributed by atoms with Gasteiger partial charge in [-0.05, 0) is 105 Å². The number of carbonyl (C=O) groups excluding carboxylic acids is 6. The Morgan fingerprint density at radius 3 is 0.467 bits per heavy atom. The maximum absolute atomic E-state index is 13.3. The predicted molar refractivity (Wildman–Crippen MR) is 336 cm³/mol. The second-order valence-electron chi connectivity index (χ2n) is 21.5. The number of para-hydroxylation sites is 6. The van der Waals surface area contributed by atoms with Crippen molar-refractivity contribution < 1.29 is 85.6 Å². The Labute approximate surface area is 527 Å². The third-order valence-corrected chi connectivity index (χ3v) is 14.2. The second kappa shape index (κ2) is 36.4. The molecule has 0 N–H and O–H groups in total. The van der Waals surface area contributed by atoms with E-state index in [0.29, 0.717) is 140 Å². The van der Waals surface area contributed by atoms with Crippen molar-refractivity contribution in [1.82, 2.24) is 0 Å². The van der Waals surface area contributed by atoms with Crippen molar-refractivity contribution in [3.8, 4) is 34.5 Å². The highest BCUT2D eigenvalue weighted by Crippen LogP contribution is 2.40. The Bertz CT molecular complexity index is 2680. The summed E-state index contributed by atoms with van der Waals surface area (Å²) in [5.41, 5.74) is 7.93. The smallest absolute Gasteiger partial charge is 0.344 e. The minimum Gasteiger partial charge on any atom is -0.481 e. The first-order valence-electron chi connectivity index (χ1n) is 31.2. The van der Waals surface area contributed by atoms with Gasteiger partial charge in [-0.3, -0.25) is 0 Å². The fourth-order valence-corrected chi connectivity index (χ4v) is 10.2. The van der Waals surface area contributed by atoms with E-state index in [9.17, 15) is 28.8 Å². The molecule has 6 aromatic carbocycles. The minimum absolute atomic E-state index is 0.176. The molecule has 90 heavy (non-hydrogen) atoms. The number of hydrogen-bond donors (Lipinski definition) is 0. The fourth-order valence-electron chi connectivity index (χ4n) is 10.2. The molecule has 480 valence electrons. The number of carbonyl (C=O) groups is 6. The molecule has 7 rings (SSSR count). The average molecular weight is 1240 g/mol.